The summed E-state index contributed by atoms with van der Waals surface area (Å²) in [5, 5.41) is 6.20. The highest BCUT2D eigenvalue weighted by Crippen LogP contribution is 2.27. The summed E-state index contributed by atoms with van der Waals surface area (Å²) >= 11 is 6.09. The molecule has 0 saturated heterocycles. The van der Waals surface area contributed by atoms with Crippen LogP contribution < -0.4 is 16.4 Å². The summed E-state index contributed by atoms with van der Waals surface area (Å²) in [4.78, 5) is 23.2. The lowest BCUT2D eigenvalue weighted by Gasteiger charge is -2.08. The molecular formula is C13H15ClN6O. The number of carbonyl (C=O) groups is 1. The molecular weight excluding hydrogens is 292 g/mol. The molecule has 0 saturated carbocycles. The number of anilines is 2. The van der Waals surface area contributed by atoms with Crippen molar-refractivity contribution >= 4 is 29.1 Å². The van der Waals surface area contributed by atoms with Crippen LogP contribution in [0.5, 0.6) is 0 Å². The van der Waals surface area contributed by atoms with E-state index in [1.54, 1.807) is 18.5 Å². The van der Waals surface area contributed by atoms with E-state index in [2.05, 4.69) is 25.6 Å². The van der Waals surface area contributed by atoms with Crippen molar-refractivity contribution in [2.75, 3.05) is 24.1 Å². The second-order valence-corrected chi connectivity index (χ2v) is 4.70. The van der Waals surface area contributed by atoms with Crippen LogP contribution in [0.25, 0.3) is 11.3 Å². The second kappa shape index (κ2) is 6.85. The van der Waals surface area contributed by atoms with Gasteiger partial charge in [-0.1, -0.05) is 11.6 Å². The van der Waals surface area contributed by atoms with Gasteiger partial charge in [0.15, 0.2) is 0 Å². The number of nitrogen functional groups attached to an aromatic ring is 1. The molecule has 110 valence electrons. The van der Waals surface area contributed by atoms with Crippen LogP contribution in [0.4, 0.5) is 11.6 Å². The lowest BCUT2D eigenvalue weighted by atomic mass is 10.2. The number of hydrogen-bond donors (Lipinski definition) is 3. The first-order valence-corrected chi connectivity index (χ1v) is 6.66. The topological polar surface area (TPSA) is 106 Å². The van der Waals surface area contributed by atoms with Crippen LogP contribution >= 0.6 is 11.6 Å². The Morgan fingerprint density at radius 3 is 2.90 bits per heavy atom. The summed E-state index contributed by atoms with van der Waals surface area (Å²) in [7, 11) is 0. The Labute approximate surface area is 127 Å². The molecule has 0 atom stereocenters. The number of nitrogens with one attached hydrogen (secondary N) is 2. The van der Waals surface area contributed by atoms with Gasteiger partial charge in [0.1, 0.15) is 11.6 Å². The van der Waals surface area contributed by atoms with Crippen LogP contribution in [0.2, 0.25) is 5.02 Å². The van der Waals surface area contributed by atoms with E-state index in [1.807, 2.05) is 0 Å². The highest BCUT2D eigenvalue weighted by molar-refractivity contribution is 6.33. The SMILES string of the molecule is CC(=O)NCCNc1cncc(-c2cc(N)ncc2Cl)n1. The van der Waals surface area contributed by atoms with Gasteiger partial charge in [0.25, 0.3) is 0 Å². The first-order chi connectivity index (χ1) is 10.1. The quantitative estimate of drug-likeness (QED) is 0.719. The summed E-state index contributed by atoms with van der Waals surface area (Å²) in [5.41, 5.74) is 6.92. The van der Waals surface area contributed by atoms with Crippen LogP contribution in [0.15, 0.2) is 24.7 Å². The average molecular weight is 307 g/mol. The average Bonchev–Trinajstić information content (AvgIpc) is 2.46. The maximum Gasteiger partial charge on any atom is 0.216 e. The largest absolute Gasteiger partial charge is 0.384 e. The van der Waals surface area contributed by atoms with Crippen LogP contribution in [-0.4, -0.2) is 33.9 Å². The van der Waals surface area contributed by atoms with Crippen molar-refractivity contribution in [2.24, 2.45) is 0 Å². The number of nitrogens with zero attached hydrogens (tertiary/aromatic N) is 3. The van der Waals surface area contributed by atoms with Gasteiger partial charge in [0.05, 0.1) is 23.1 Å². The summed E-state index contributed by atoms with van der Waals surface area (Å²) < 4.78 is 0. The van der Waals surface area contributed by atoms with Crippen LogP contribution in [0.3, 0.4) is 0 Å². The van der Waals surface area contributed by atoms with Gasteiger partial charge >= 0.3 is 0 Å². The molecule has 2 aromatic heterocycles. The van der Waals surface area contributed by atoms with E-state index in [0.29, 0.717) is 41.0 Å². The highest BCUT2D eigenvalue weighted by atomic mass is 35.5. The van der Waals surface area contributed by atoms with Crippen molar-refractivity contribution in [3.05, 3.63) is 29.7 Å². The maximum absolute atomic E-state index is 10.8. The summed E-state index contributed by atoms with van der Waals surface area (Å²) in [6.45, 7) is 2.52. The predicted molar refractivity (Wildman–Crippen MR) is 81.9 cm³/mol. The summed E-state index contributed by atoms with van der Waals surface area (Å²) in [5.74, 6) is 0.875. The fraction of sp³-hybridized carbons (Fsp3) is 0.231. The van der Waals surface area contributed by atoms with Crippen molar-refractivity contribution < 1.29 is 4.79 Å². The molecule has 2 heterocycles. The minimum absolute atomic E-state index is 0.0734. The van der Waals surface area contributed by atoms with Crippen molar-refractivity contribution in [1.29, 1.82) is 0 Å². The number of nitrogens with two attached hydrogens (primary N) is 1. The van der Waals surface area contributed by atoms with Gasteiger partial charge in [-0.2, -0.15) is 0 Å². The minimum Gasteiger partial charge on any atom is -0.384 e. The maximum atomic E-state index is 10.8. The van der Waals surface area contributed by atoms with E-state index in [4.69, 9.17) is 17.3 Å². The molecule has 0 aliphatic carbocycles. The predicted octanol–water partition coefficient (Wildman–Crippen LogP) is 1.32. The number of carbonyl (C=O) groups excluding carboxylic acids is 1. The fourth-order valence-electron chi connectivity index (χ4n) is 1.66. The number of halogens is 1. The molecule has 2 rings (SSSR count). The highest BCUT2D eigenvalue weighted by Gasteiger charge is 2.08. The van der Waals surface area contributed by atoms with Crippen molar-refractivity contribution in [1.82, 2.24) is 20.3 Å². The van der Waals surface area contributed by atoms with Crippen molar-refractivity contribution in [3.8, 4) is 11.3 Å². The van der Waals surface area contributed by atoms with Gasteiger partial charge in [-0.3, -0.25) is 9.78 Å². The fourth-order valence-corrected chi connectivity index (χ4v) is 1.86. The summed E-state index contributed by atoms with van der Waals surface area (Å²) in [6, 6.07) is 1.65. The zero-order valence-corrected chi connectivity index (χ0v) is 12.2. The standard InChI is InChI=1S/C13H15ClN6O/c1-8(21)17-2-3-18-13-7-16-6-11(20-13)9-4-12(15)19-5-10(9)14/h4-7H,2-3H2,1H3,(H2,15,19)(H,17,21)(H,18,20). The molecule has 0 fully saturated rings. The molecule has 0 aromatic carbocycles. The van der Waals surface area contributed by atoms with Crippen LogP contribution in [-0.2, 0) is 4.79 Å². The van der Waals surface area contributed by atoms with Gasteiger partial charge in [0, 0.05) is 31.8 Å². The van der Waals surface area contributed by atoms with Crippen LogP contribution in [0, 0.1) is 0 Å². The zero-order valence-electron chi connectivity index (χ0n) is 11.4. The molecule has 8 heteroatoms. The third-order valence-electron chi connectivity index (χ3n) is 2.59. The number of rotatable bonds is 5. The Hall–Kier alpha value is -2.41. The Morgan fingerprint density at radius 2 is 2.14 bits per heavy atom. The van der Waals surface area contributed by atoms with Crippen LogP contribution in [0.1, 0.15) is 6.92 Å². The third kappa shape index (κ3) is 4.28. The molecule has 0 unspecified atom stereocenters. The van der Waals surface area contributed by atoms with E-state index >= 15 is 0 Å². The van der Waals surface area contributed by atoms with Crippen molar-refractivity contribution in [3.63, 3.8) is 0 Å². The molecule has 0 radical (unpaired) electrons. The molecule has 0 spiro atoms. The Morgan fingerprint density at radius 1 is 1.33 bits per heavy atom. The van der Waals surface area contributed by atoms with E-state index in [9.17, 15) is 4.79 Å². The van der Waals surface area contributed by atoms with E-state index < -0.39 is 0 Å². The molecule has 2 aromatic rings. The molecule has 0 bridgehead atoms. The number of hydrogen-bond acceptors (Lipinski definition) is 6. The van der Waals surface area contributed by atoms with Gasteiger partial charge in [-0.05, 0) is 6.07 Å². The van der Waals surface area contributed by atoms with E-state index in [-0.39, 0.29) is 5.91 Å². The molecule has 7 nitrogen and oxygen atoms in total. The van der Waals surface area contributed by atoms with E-state index in [1.165, 1.54) is 13.1 Å². The molecule has 0 aliphatic heterocycles. The Kier molecular flexibility index (Phi) is 4.89. The number of amides is 1. The van der Waals surface area contributed by atoms with Gasteiger partial charge < -0.3 is 16.4 Å². The second-order valence-electron chi connectivity index (χ2n) is 4.29. The van der Waals surface area contributed by atoms with Gasteiger partial charge in [-0.25, -0.2) is 9.97 Å². The Balaban J connectivity index is 2.10. The smallest absolute Gasteiger partial charge is 0.216 e. The first kappa shape index (κ1) is 15.0. The lowest BCUT2D eigenvalue weighted by molar-refractivity contribution is -0.118. The molecule has 0 aliphatic rings. The van der Waals surface area contributed by atoms with Gasteiger partial charge in [-0.15, -0.1) is 0 Å². The summed E-state index contributed by atoms with van der Waals surface area (Å²) in [6.07, 6.45) is 4.67. The first-order valence-electron chi connectivity index (χ1n) is 6.28. The lowest BCUT2D eigenvalue weighted by Crippen LogP contribution is -2.26. The zero-order chi connectivity index (χ0) is 15.2. The third-order valence-corrected chi connectivity index (χ3v) is 2.89. The van der Waals surface area contributed by atoms with Crippen molar-refractivity contribution in [2.45, 2.75) is 6.92 Å². The molecule has 4 N–H and O–H groups in total. The van der Waals surface area contributed by atoms with E-state index in [0.717, 1.165) is 0 Å². The normalized spacial score (nSPS) is 10.2. The van der Waals surface area contributed by atoms with Gasteiger partial charge in [0.2, 0.25) is 5.91 Å². The monoisotopic (exact) mass is 306 g/mol. The minimum atomic E-state index is -0.0734. The molecule has 21 heavy (non-hydrogen) atoms. The number of pyridine rings is 1. The molecule has 1 amide bonds. The Bertz CT molecular complexity index is 648. The number of aromatic nitrogens is 3.